The van der Waals surface area contributed by atoms with Crippen molar-refractivity contribution in [2.45, 2.75) is 0 Å². The van der Waals surface area contributed by atoms with E-state index >= 15 is 0 Å². The van der Waals surface area contributed by atoms with Crippen molar-refractivity contribution in [3.8, 4) is 0 Å². The first-order chi connectivity index (χ1) is 2.89. The fraction of sp³-hybridized carbons (Fsp3) is 0. The highest BCUT2D eigenvalue weighted by Gasteiger charge is 1.75. The highest BCUT2D eigenvalue weighted by molar-refractivity contribution is 5.07. The molecule has 5 nitrogen and oxygen atoms in total. The standard InChI is InChI=1S/C2H4N4.H3N/c3-2-4-1-5-6-2;/h1H,(H3,3,4,5,6);1H3. The van der Waals surface area contributed by atoms with E-state index in [0.717, 1.165) is 0 Å². The van der Waals surface area contributed by atoms with Crippen molar-refractivity contribution in [3.05, 3.63) is 6.33 Å². The Morgan fingerprint density at radius 3 is 2.57 bits per heavy atom. The van der Waals surface area contributed by atoms with Crippen LogP contribution in [-0.4, -0.2) is 15.2 Å². The average molecular weight is 101 g/mol. The fourth-order valence-corrected chi connectivity index (χ4v) is 0.215. The average Bonchev–Trinajstić information content (AvgIpc) is 1.86. The van der Waals surface area contributed by atoms with Crippen LogP contribution in [0.15, 0.2) is 6.33 Å². The van der Waals surface area contributed by atoms with Crippen LogP contribution in [0.25, 0.3) is 0 Å². The molecule has 0 aliphatic carbocycles. The van der Waals surface area contributed by atoms with E-state index in [0.29, 0.717) is 5.95 Å². The lowest BCUT2D eigenvalue weighted by Crippen LogP contribution is -1.84. The lowest BCUT2D eigenvalue weighted by atomic mass is 11.1. The Bertz CT molecular complexity index is 110. The Morgan fingerprint density at radius 1 is 1.71 bits per heavy atom. The summed E-state index contributed by atoms with van der Waals surface area (Å²) < 4.78 is 0. The van der Waals surface area contributed by atoms with Gasteiger partial charge in [0.05, 0.1) is 0 Å². The number of hydrogen-bond acceptors (Lipinski definition) is 4. The van der Waals surface area contributed by atoms with Gasteiger partial charge in [0.2, 0.25) is 5.95 Å². The van der Waals surface area contributed by atoms with E-state index in [4.69, 9.17) is 5.73 Å². The van der Waals surface area contributed by atoms with Gasteiger partial charge < -0.3 is 11.9 Å². The Hall–Kier alpha value is -1.10. The summed E-state index contributed by atoms with van der Waals surface area (Å²) in [7, 11) is 0. The van der Waals surface area contributed by atoms with Gasteiger partial charge in [-0.3, -0.25) is 0 Å². The Balaban J connectivity index is 0.000000360. The normalized spacial score (nSPS) is 7.43. The summed E-state index contributed by atoms with van der Waals surface area (Å²) in [4.78, 5) is 3.53. The van der Waals surface area contributed by atoms with E-state index in [-0.39, 0.29) is 6.15 Å². The number of nitrogens with zero attached hydrogens (tertiary/aromatic N) is 2. The van der Waals surface area contributed by atoms with Crippen LogP contribution in [0.2, 0.25) is 0 Å². The number of aromatic nitrogens is 3. The second kappa shape index (κ2) is 2.14. The number of nitrogens with one attached hydrogen (secondary N) is 1. The molecule has 0 atom stereocenters. The Kier molecular flexibility index (Phi) is 1.80. The van der Waals surface area contributed by atoms with Gasteiger partial charge in [0, 0.05) is 0 Å². The summed E-state index contributed by atoms with van der Waals surface area (Å²) in [6.07, 6.45) is 1.36. The fourth-order valence-electron chi connectivity index (χ4n) is 0.215. The van der Waals surface area contributed by atoms with Gasteiger partial charge in [-0.15, -0.1) is 0 Å². The molecule has 6 N–H and O–H groups in total. The first-order valence-corrected chi connectivity index (χ1v) is 1.50. The molecule has 0 bridgehead atoms. The molecule has 0 radical (unpaired) electrons. The Labute approximate surface area is 40.5 Å². The van der Waals surface area contributed by atoms with Crippen molar-refractivity contribution in [2.24, 2.45) is 0 Å². The van der Waals surface area contributed by atoms with E-state index in [1.165, 1.54) is 6.33 Å². The zero-order chi connectivity index (χ0) is 4.41. The molecule has 0 saturated carbocycles. The summed E-state index contributed by atoms with van der Waals surface area (Å²) >= 11 is 0. The van der Waals surface area contributed by atoms with Gasteiger partial charge in [-0.1, -0.05) is 0 Å². The van der Waals surface area contributed by atoms with Crippen molar-refractivity contribution >= 4 is 5.95 Å². The van der Waals surface area contributed by atoms with Crippen LogP contribution in [-0.2, 0) is 0 Å². The van der Waals surface area contributed by atoms with Gasteiger partial charge >= 0.3 is 0 Å². The van der Waals surface area contributed by atoms with Gasteiger partial charge in [0.1, 0.15) is 6.33 Å². The summed E-state index contributed by atoms with van der Waals surface area (Å²) in [5.41, 5.74) is 5.05. The summed E-state index contributed by atoms with van der Waals surface area (Å²) in [5, 5.41) is 5.88. The largest absolute Gasteiger partial charge is 0.368 e. The number of hydrogen-bond donors (Lipinski definition) is 3. The van der Waals surface area contributed by atoms with Crippen LogP contribution in [0.3, 0.4) is 0 Å². The molecule has 0 spiro atoms. The predicted molar refractivity (Wildman–Crippen MR) is 25.8 cm³/mol. The van der Waals surface area contributed by atoms with Crippen molar-refractivity contribution < 1.29 is 0 Å². The zero-order valence-electron chi connectivity index (χ0n) is 3.76. The molecule has 7 heavy (non-hydrogen) atoms. The molecule has 0 aromatic carbocycles. The number of H-pyrrole nitrogens is 1. The molecule has 0 unspecified atom stereocenters. The quantitative estimate of drug-likeness (QED) is 0.411. The molecule has 1 aromatic rings. The first-order valence-electron chi connectivity index (χ1n) is 1.50. The molecule has 40 valence electrons. The molecule has 0 amide bonds. The van der Waals surface area contributed by atoms with Crippen molar-refractivity contribution in [2.75, 3.05) is 5.73 Å². The molecule has 5 heteroatoms. The van der Waals surface area contributed by atoms with Crippen LogP contribution < -0.4 is 11.9 Å². The minimum atomic E-state index is 0. The third kappa shape index (κ3) is 1.18. The third-order valence-electron chi connectivity index (χ3n) is 0.434. The van der Waals surface area contributed by atoms with Crippen LogP contribution >= 0.6 is 0 Å². The zero-order valence-corrected chi connectivity index (χ0v) is 3.76. The molecule has 0 fully saturated rings. The van der Waals surface area contributed by atoms with Crippen molar-refractivity contribution in [3.63, 3.8) is 0 Å². The van der Waals surface area contributed by atoms with E-state index in [1.807, 2.05) is 0 Å². The van der Waals surface area contributed by atoms with Crippen LogP contribution in [0.4, 0.5) is 5.95 Å². The second-order valence-electron chi connectivity index (χ2n) is 0.871. The maximum absolute atomic E-state index is 5.05. The van der Waals surface area contributed by atoms with Gasteiger partial charge in [-0.25, -0.2) is 10.1 Å². The number of anilines is 1. The van der Waals surface area contributed by atoms with E-state index in [9.17, 15) is 0 Å². The van der Waals surface area contributed by atoms with Crippen LogP contribution in [0.1, 0.15) is 0 Å². The van der Waals surface area contributed by atoms with E-state index < -0.39 is 0 Å². The van der Waals surface area contributed by atoms with Crippen molar-refractivity contribution in [1.29, 1.82) is 0 Å². The lowest BCUT2D eigenvalue weighted by molar-refractivity contribution is 1.10. The smallest absolute Gasteiger partial charge is 0.215 e. The molecular formula is C2H7N5. The summed E-state index contributed by atoms with van der Waals surface area (Å²) in [6.45, 7) is 0. The minimum Gasteiger partial charge on any atom is -0.368 e. The second-order valence-corrected chi connectivity index (χ2v) is 0.871. The molecule has 0 aliphatic rings. The van der Waals surface area contributed by atoms with E-state index in [1.54, 1.807) is 0 Å². The molecular weight excluding hydrogens is 94.1 g/mol. The van der Waals surface area contributed by atoms with Gasteiger partial charge in [0.25, 0.3) is 0 Å². The molecule has 1 rings (SSSR count). The SMILES string of the molecule is N.Nc1ncn[nH]1. The maximum Gasteiger partial charge on any atom is 0.215 e. The minimum absolute atomic E-state index is 0. The Morgan fingerprint density at radius 2 is 2.43 bits per heavy atom. The predicted octanol–water partition coefficient (Wildman–Crippen LogP) is -0.451. The maximum atomic E-state index is 5.05. The highest BCUT2D eigenvalue weighted by atomic mass is 15.2. The molecule has 1 aromatic heterocycles. The van der Waals surface area contributed by atoms with Gasteiger partial charge in [-0.2, -0.15) is 5.10 Å². The lowest BCUT2D eigenvalue weighted by Gasteiger charge is -1.68. The highest BCUT2D eigenvalue weighted by Crippen LogP contribution is 1.76. The molecule has 1 heterocycles. The van der Waals surface area contributed by atoms with Crippen LogP contribution in [0, 0.1) is 0 Å². The number of nitrogens with two attached hydrogens (primary N) is 1. The number of rotatable bonds is 0. The van der Waals surface area contributed by atoms with Gasteiger partial charge in [0.15, 0.2) is 0 Å². The van der Waals surface area contributed by atoms with E-state index in [2.05, 4.69) is 15.2 Å². The topological polar surface area (TPSA) is 103 Å². The van der Waals surface area contributed by atoms with Gasteiger partial charge in [-0.05, 0) is 0 Å². The summed E-state index contributed by atoms with van der Waals surface area (Å²) in [6, 6.07) is 0. The number of nitrogen functional groups attached to an aromatic ring is 1. The number of aromatic amines is 1. The van der Waals surface area contributed by atoms with Crippen LogP contribution in [0.5, 0.6) is 0 Å². The molecule has 0 saturated heterocycles. The van der Waals surface area contributed by atoms with Crippen molar-refractivity contribution in [1.82, 2.24) is 21.3 Å². The monoisotopic (exact) mass is 101 g/mol. The third-order valence-corrected chi connectivity index (χ3v) is 0.434. The molecule has 0 aliphatic heterocycles. The first kappa shape index (κ1) is 5.90. The summed E-state index contributed by atoms with van der Waals surface area (Å²) in [5.74, 6) is 0.356.